The molecule has 1 aromatic heterocycles. The molecular weight excluding hydrogens is 343 g/mol. The summed E-state index contributed by atoms with van der Waals surface area (Å²) in [7, 11) is 0. The molecule has 0 unspecified atom stereocenters. The number of nitrogens with one attached hydrogen (secondary N) is 2. The van der Waals surface area contributed by atoms with Crippen LogP contribution in [0.15, 0.2) is 36.5 Å². The van der Waals surface area contributed by atoms with Gasteiger partial charge in [0.05, 0.1) is 22.5 Å². The molecule has 1 aliphatic rings. The van der Waals surface area contributed by atoms with Gasteiger partial charge in [-0.25, -0.2) is 4.98 Å². The van der Waals surface area contributed by atoms with Crippen molar-refractivity contribution in [3.63, 3.8) is 0 Å². The Balaban J connectivity index is 1.70. The van der Waals surface area contributed by atoms with Crippen molar-refractivity contribution in [2.45, 2.75) is 19.0 Å². The van der Waals surface area contributed by atoms with Gasteiger partial charge >= 0.3 is 6.18 Å². The Morgan fingerprint density at radius 2 is 1.88 bits per heavy atom. The van der Waals surface area contributed by atoms with Crippen LogP contribution in [0.25, 0.3) is 0 Å². The molecule has 0 aliphatic heterocycles. The normalized spacial score (nSPS) is 14.3. The van der Waals surface area contributed by atoms with Gasteiger partial charge in [0.1, 0.15) is 5.82 Å². The maximum atomic E-state index is 12.8. The first-order valence-electron chi connectivity index (χ1n) is 7.23. The first kappa shape index (κ1) is 16.6. The lowest BCUT2D eigenvalue weighted by molar-refractivity contribution is -0.137. The monoisotopic (exact) mass is 355 g/mol. The summed E-state index contributed by atoms with van der Waals surface area (Å²) in [6.45, 7) is 0. The molecule has 2 aromatic rings. The van der Waals surface area contributed by atoms with Crippen molar-refractivity contribution in [2.75, 3.05) is 10.6 Å². The largest absolute Gasteiger partial charge is 0.417 e. The molecule has 1 saturated carbocycles. The summed E-state index contributed by atoms with van der Waals surface area (Å²) in [5.74, 6) is 0.401. The number of halogens is 4. The minimum absolute atomic E-state index is 0.0370. The van der Waals surface area contributed by atoms with E-state index in [1.54, 1.807) is 12.1 Å². The van der Waals surface area contributed by atoms with E-state index < -0.39 is 11.7 Å². The second-order valence-electron chi connectivity index (χ2n) is 5.51. The summed E-state index contributed by atoms with van der Waals surface area (Å²) in [6.07, 6.45) is -1.28. The Labute approximate surface area is 141 Å². The predicted octanol–water partition coefficient (Wildman–Crippen LogP) is 4.85. The van der Waals surface area contributed by atoms with Crippen molar-refractivity contribution < 1.29 is 18.0 Å². The summed E-state index contributed by atoms with van der Waals surface area (Å²) in [5, 5.41) is 5.15. The molecule has 0 atom stereocenters. The first-order valence-corrected chi connectivity index (χ1v) is 7.61. The van der Waals surface area contributed by atoms with Crippen molar-refractivity contribution in [2.24, 2.45) is 5.92 Å². The second kappa shape index (κ2) is 6.32. The second-order valence-corrected chi connectivity index (χ2v) is 5.92. The fourth-order valence-corrected chi connectivity index (χ4v) is 2.32. The highest BCUT2D eigenvalue weighted by molar-refractivity contribution is 6.31. The third-order valence-corrected chi connectivity index (χ3v) is 3.85. The zero-order chi connectivity index (χ0) is 17.3. The van der Waals surface area contributed by atoms with Crippen molar-refractivity contribution in [3.05, 3.63) is 47.1 Å². The number of alkyl halides is 3. The van der Waals surface area contributed by atoms with Gasteiger partial charge in [-0.3, -0.25) is 4.79 Å². The number of rotatable bonds is 4. The van der Waals surface area contributed by atoms with Gasteiger partial charge in [0.2, 0.25) is 5.91 Å². The highest BCUT2D eigenvalue weighted by atomic mass is 35.5. The average molecular weight is 356 g/mol. The molecular formula is C16H13ClF3N3O. The molecule has 0 bridgehead atoms. The van der Waals surface area contributed by atoms with Gasteiger partial charge in [0, 0.05) is 11.6 Å². The van der Waals surface area contributed by atoms with Gasteiger partial charge in [0.25, 0.3) is 0 Å². The molecule has 0 radical (unpaired) electrons. The molecule has 0 spiro atoms. The van der Waals surface area contributed by atoms with E-state index in [4.69, 9.17) is 11.6 Å². The number of nitrogens with zero attached hydrogens (tertiary/aromatic N) is 1. The highest BCUT2D eigenvalue weighted by Crippen LogP contribution is 2.36. The smallest absolute Gasteiger partial charge is 0.340 e. The fraction of sp³-hybridized carbons (Fsp3) is 0.250. The molecule has 0 saturated heterocycles. The third-order valence-electron chi connectivity index (χ3n) is 3.52. The third kappa shape index (κ3) is 3.97. The van der Waals surface area contributed by atoms with E-state index in [2.05, 4.69) is 15.6 Å². The minimum Gasteiger partial charge on any atom is -0.340 e. The Morgan fingerprint density at radius 3 is 2.46 bits per heavy atom. The molecule has 4 nitrogen and oxygen atoms in total. The number of pyridine rings is 1. The van der Waals surface area contributed by atoms with Crippen molar-refractivity contribution >= 4 is 34.7 Å². The number of hydrogen-bond donors (Lipinski definition) is 2. The Kier molecular flexibility index (Phi) is 4.36. The van der Waals surface area contributed by atoms with Gasteiger partial charge in [-0.05, 0) is 43.2 Å². The number of carbonyl (C=O) groups is 1. The quantitative estimate of drug-likeness (QED) is 0.824. The van der Waals surface area contributed by atoms with E-state index in [9.17, 15) is 18.0 Å². The van der Waals surface area contributed by atoms with Crippen LogP contribution in [0.3, 0.4) is 0 Å². The van der Waals surface area contributed by atoms with Gasteiger partial charge in [0.15, 0.2) is 0 Å². The Hall–Kier alpha value is -2.28. The minimum atomic E-state index is -4.53. The number of aromatic nitrogens is 1. The standard InChI is InChI=1S/C16H13ClF3N3O/c17-13-5-3-10(7-12(13)16(18,19)20)22-14-6-4-11(8-21-14)23-15(24)9-1-2-9/h3-9H,1-2H2,(H,21,22)(H,23,24). The molecule has 2 N–H and O–H groups in total. The van der Waals surface area contributed by atoms with Crippen LogP contribution < -0.4 is 10.6 Å². The maximum absolute atomic E-state index is 12.8. The number of hydrogen-bond acceptors (Lipinski definition) is 3. The summed E-state index contributed by atoms with van der Waals surface area (Å²) < 4.78 is 38.5. The number of benzene rings is 1. The summed E-state index contributed by atoms with van der Waals surface area (Å²) in [4.78, 5) is 15.7. The lowest BCUT2D eigenvalue weighted by Crippen LogP contribution is -2.13. The van der Waals surface area contributed by atoms with E-state index in [0.29, 0.717) is 11.5 Å². The summed E-state index contributed by atoms with van der Waals surface area (Å²) in [6, 6.07) is 6.74. The van der Waals surface area contributed by atoms with Crippen molar-refractivity contribution in [1.29, 1.82) is 0 Å². The summed E-state index contributed by atoms with van der Waals surface area (Å²) in [5.41, 5.74) is -0.152. The van der Waals surface area contributed by atoms with Crippen LogP contribution in [0.2, 0.25) is 5.02 Å². The van der Waals surface area contributed by atoms with E-state index in [1.807, 2.05) is 0 Å². The van der Waals surface area contributed by atoms with Crippen LogP contribution in [-0.2, 0) is 11.0 Å². The van der Waals surface area contributed by atoms with Crippen LogP contribution in [-0.4, -0.2) is 10.9 Å². The van der Waals surface area contributed by atoms with E-state index in [1.165, 1.54) is 18.3 Å². The zero-order valence-electron chi connectivity index (χ0n) is 12.3. The molecule has 24 heavy (non-hydrogen) atoms. The van der Waals surface area contributed by atoms with Crippen LogP contribution in [0.4, 0.5) is 30.4 Å². The molecule has 3 rings (SSSR count). The van der Waals surface area contributed by atoms with E-state index in [0.717, 1.165) is 18.9 Å². The highest BCUT2D eigenvalue weighted by Gasteiger charge is 2.33. The SMILES string of the molecule is O=C(Nc1ccc(Nc2ccc(Cl)c(C(F)(F)F)c2)nc1)C1CC1. The number of anilines is 3. The molecule has 126 valence electrons. The van der Waals surface area contributed by atoms with Gasteiger partial charge in [-0.15, -0.1) is 0 Å². The average Bonchev–Trinajstić information content (AvgIpc) is 3.35. The molecule has 1 heterocycles. The van der Waals surface area contributed by atoms with Crippen LogP contribution in [0, 0.1) is 5.92 Å². The first-order chi connectivity index (χ1) is 11.3. The Bertz CT molecular complexity index is 758. The number of amides is 1. The molecule has 1 amide bonds. The Morgan fingerprint density at radius 1 is 1.17 bits per heavy atom. The predicted molar refractivity (Wildman–Crippen MR) is 85.3 cm³/mol. The van der Waals surface area contributed by atoms with Crippen molar-refractivity contribution in [3.8, 4) is 0 Å². The van der Waals surface area contributed by atoms with Gasteiger partial charge in [-0.2, -0.15) is 13.2 Å². The molecule has 1 fully saturated rings. The topological polar surface area (TPSA) is 54.0 Å². The number of carbonyl (C=O) groups excluding carboxylic acids is 1. The van der Waals surface area contributed by atoms with Gasteiger partial charge < -0.3 is 10.6 Å². The van der Waals surface area contributed by atoms with Crippen LogP contribution in [0.1, 0.15) is 18.4 Å². The lowest BCUT2D eigenvalue weighted by atomic mass is 10.2. The fourth-order valence-electron chi connectivity index (χ4n) is 2.10. The van der Waals surface area contributed by atoms with Crippen molar-refractivity contribution in [1.82, 2.24) is 4.98 Å². The van der Waals surface area contributed by atoms with Crippen LogP contribution >= 0.6 is 11.6 Å². The molecule has 1 aromatic carbocycles. The molecule has 8 heteroatoms. The summed E-state index contributed by atoms with van der Waals surface area (Å²) >= 11 is 5.58. The van der Waals surface area contributed by atoms with E-state index >= 15 is 0 Å². The van der Waals surface area contributed by atoms with Crippen LogP contribution in [0.5, 0.6) is 0 Å². The maximum Gasteiger partial charge on any atom is 0.417 e. The molecule has 1 aliphatic carbocycles. The zero-order valence-corrected chi connectivity index (χ0v) is 13.1. The van der Waals surface area contributed by atoms with Gasteiger partial charge in [-0.1, -0.05) is 11.6 Å². The lowest BCUT2D eigenvalue weighted by Gasteiger charge is -2.12. The van der Waals surface area contributed by atoms with E-state index in [-0.39, 0.29) is 22.5 Å².